The van der Waals surface area contributed by atoms with E-state index in [0.29, 0.717) is 18.7 Å². The van der Waals surface area contributed by atoms with E-state index in [1.165, 1.54) is 6.20 Å². The topological polar surface area (TPSA) is 91.3 Å². The molecule has 1 heterocycles. The van der Waals surface area contributed by atoms with Gasteiger partial charge in [0.05, 0.1) is 0 Å². The van der Waals surface area contributed by atoms with Gasteiger partial charge in [-0.15, -0.1) is 0 Å². The normalized spacial score (nSPS) is 11.7. The van der Waals surface area contributed by atoms with Gasteiger partial charge in [0.2, 0.25) is 0 Å². The van der Waals surface area contributed by atoms with Crippen LogP contribution in [0.5, 0.6) is 0 Å². The second kappa shape index (κ2) is 8.14. The van der Waals surface area contributed by atoms with Gasteiger partial charge in [-0.2, -0.15) is 0 Å². The molecule has 0 radical (unpaired) electrons. The van der Waals surface area contributed by atoms with Gasteiger partial charge in [0.1, 0.15) is 11.7 Å². The highest BCUT2D eigenvalue weighted by Gasteiger charge is 2.17. The summed E-state index contributed by atoms with van der Waals surface area (Å²) < 4.78 is 0. The molecule has 3 N–H and O–H groups in total. The van der Waals surface area contributed by atoms with E-state index in [9.17, 15) is 9.59 Å². The van der Waals surface area contributed by atoms with Gasteiger partial charge in [-0.25, -0.2) is 4.79 Å². The van der Waals surface area contributed by atoms with Crippen molar-refractivity contribution >= 4 is 17.6 Å². The number of hydrogen-bond donors (Lipinski definition) is 3. The molecule has 0 saturated carbocycles. The van der Waals surface area contributed by atoms with Crippen molar-refractivity contribution in [1.82, 2.24) is 10.3 Å². The fraction of sp³-hybridized carbons (Fsp3) is 0.500. The predicted molar refractivity (Wildman–Crippen MR) is 76.8 cm³/mol. The summed E-state index contributed by atoms with van der Waals surface area (Å²) in [4.78, 5) is 26.8. The maximum atomic E-state index is 11.7. The zero-order valence-corrected chi connectivity index (χ0v) is 11.8. The van der Waals surface area contributed by atoms with Gasteiger partial charge in [0.25, 0.3) is 5.91 Å². The lowest BCUT2D eigenvalue weighted by Gasteiger charge is -2.15. The number of pyridine rings is 1. The molecule has 0 bridgehead atoms. The number of unbranched alkanes of at least 4 members (excludes halogenated alkanes) is 1. The van der Waals surface area contributed by atoms with Crippen molar-refractivity contribution < 1.29 is 14.7 Å². The quantitative estimate of drug-likeness (QED) is 0.676. The van der Waals surface area contributed by atoms with Crippen molar-refractivity contribution in [3.05, 3.63) is 24.0 Å². The average Bonchev–Trinajstić information content (AvgIpc) is 2.43. The van der Waals surface area contributed by atoms with E-state index in [2.05, 4.69) is 15.6 Å². The highest BCUT2D eigenvalue weighted by atomic mass is 16.4. The molecule has 110 valence electrons. The first-order valence-electron chi connectivity index (χ1n) is 6.82. The Balaban J connectivity index is 2.77. The average molecular weight is 279 g/mol. The third-order valence-electron chi connectivity index (χ3n) is 2.82. The van der Waals surface area contributed by atoms with Crippen LogP contribution < -0.4 is 10.6 Å². The number of carboxylic acids is 1. The zero-order valence-electron chi connectivity index (χ0n) is 11.8. The predicted octanol–water partition coefficient (Wildman–Crippen LogP) is 1.89. The first kappa shape index (κ1) is 15.9. The number of rotatable bonds is 8. The van der Waals surface area contributed by atoms with Crippen LogP contribution in [0.3, 0.4) is 0 Å². The molecule has 0 saturated heterocycles. The summed E-state index contributed by atoms with van der Waals surface area (Å²) in [5.41, 5.74) is 0.862. The molecule has 1 atom stereocenters. The van der Waals surface area contributed by atoms with Gasteiger partial charge >= 0.3 is 5.97 Å². The van der Waals surface area contributed by atoms with Crippen LogP contribution in [0.25, 0.3) is 0 Å². The number of hydrogen-bond acceptors (Lipinski definition) is 4. The van der Waals surface area contributed by atoms with Crippen molar-refractivity contribution in [3.63, 3.8) is 0 Å². The second-order valence-electron chi connectivity index (χ2n) is 4.47. The van der Waals surface area contributed by atoms with Crippen molar-refractivity contribution in [1.29, 1.82) is 0 Å². The zero-order chi connectivity index (χ0) is 15.0. The minimum absolute atomic E-state index is 0.267. The Morgan fingerprint density at radius 3 is 2.75 bits per heavy atom. The van der Waals surface area contributed by atoms with Crippen LogP contribution in [0.15, 0.2) is 18.3 Å². The van der Waals surface area contributed by atoms with Crippen molar-refractivity contribution in [2.45, 2.75) is 39.2 Å². The molecule has 0 aliphatic rings. The van der Waals surface area contributed by atoms with E-state index in [1.54, 1.807) is 12.1 Å². The van der Waals surface area contributed by atoms with Crippen molar-refractivity contribution in [3.8, 4) is 0 Å². The van der Waals surface area contributed by atoms with Gasteiger partial charge in [-0.05, 0) is 25.5 Å². The lowest BCUT2D eigenvalue weighted by molar-refractivity contribution is -0.138. The Labute approximate surface area is 118 Å². The maximum absolute atomic E-state index is 11.7. The smallest absolute Gasteiger partial charge is 0.326 e. The minimum Gasteiger partial charge on any atom is -0.480 e. The summed E-state index contributed by atoms with van der Waals surface area (Å²) in [5, 5.41) is 14.8. The van der Waals surface area contributed by atoms with Crippen LogP contribution in [0.4, 0.5) is 5.69 Å². The summed E-state index contributed by atoms with van der Waals surface area (Å²) in [7, 11) is 0. The number of nitrogens with one attached hydrogen (secondary N) is 2. The molecule has 1 amide bonds. The summed E-state index contributed by atoms with van der Waals surface area (Å²) in [6.07, 6.45) is 3.81. The van der Waals surface area contributed by atoms with Gasteiger partial charge < -0.3 is 15.7 Å². The number of carboxylic acid groups (broad SMARTS) is 1. The summed E-state index contributed by atoms with van der Waals surface area (Å²) >= 11 is 0. The Hall–Kier alpha value is -2.11. The van der Waals surface area contributed by atoms with E-state index in [4.69, 9.17) is 5.11 Å². The van der Waals surface area contributed by atoms with E-state index in [1.807, 2.05) is 13.8 Å². The van der Waals surface area contributed by atoms with Crippen LogP contribution in [0.1, 0.15) is 43.6 Å². The molecule has 1 rings (SSSR count). The van der Waals surface area contributed by atoms with Gasteiger partial charge in [-0.3, -0.25) is 9.78 Å². The third kappa shape index (κ3) is 4.87. The van der Waals surface area contributed by atoms with Crippen LogP contribution in [0.2, 0.25) is 0 Å². The van der Waals surface area contributed by atoms with E-state index in [-0.39, 0.29) is 11.6 Å². The summed E-state index contributed by atoms with van der Waals surface area (Å²) in [6.45, 7) is 4.36. The molecule has 0 aromatic carbocycles. The number of anilines is 1. The fourth-order valence-corrected chi connectivity index (χ4v) is 1.76. The number of carbonyl (C=O) groups excluding carboxylic acids is 1. The van der Waals surface area contributed by atoms with E-state index in [0.717, 1.165) is 12.8 Å². The molecule has 1 aromatic heterocycles. The fourth-order valence-electron chi connectivity index (χ4n) is 1.76. The highest BCUT2D eigenvalue weighted by molar-refractivity contribution is 5.93. The number of carbonyl (C=O) groups is 2. The lowest BCUT2D eigenvalue weighted by atomic mass is 10.1. The molecule has 0 fully saturated rings. The first-order chi connectivity index (χ1) is 9.58. The molecule has 0 aliphatic heterocycles. The standard InChI is InChI=1S/C14H21N3O3/c1-3-5-6-11(14(19)20)17-10-7-8-16-12(9-10)13(18)15-4-2/h7-9,11H,3-6H2,1-2H3,(H,15,18)(H,16,17)(H,19,20). The molecular weight excluding hydrogens is 258 g/mol. The van der Waals surface area contributed by atoms with Gasteiger partial charge in [-0.1, -0.05) is 19.8 Å². The lowest BCUT2D eigenvalue weighted by Crippen LogP contribution is -2.29. The first-order valence-corrected chi connectivity index (χ1v) is 6.82. The van der Waals surface area contributed by atoms with Crippen molar-refractivity contribution in [2.75, 3.05) is 11.9 Å². The van der Waals surface area contributed by atoms with Gasteiger partial charge in [0, 0.05) is 18.4 Å². The molecular formula is C14H21N3O3. The summed E-state index contributed by atoms with van der Waals surface area (Å²) in [5.74, 6) is -1.16. The molecule has 1 unspecified atom stereocenters. The molecule has 20 heavy (non-hydrogen) atoms. The van der Waals surface area contributed by atoms with Crippen LogP contribution >= 0.6 is 0 Å². The summed E-state index contributed by atoms with van der Waals surface area (Å²) in [6, 6.07) is 2.57. The van der Waals surface area contributed by atoms with E-state index >= 15 is 0 Å². The molecule has 6 nitrogen and oxygen atoms in total. The second-order valence-corrected chi connectivity index (χ2v) is 4.47. The van der Waals surface area contributed by atoms with Crippen LogP contribution in [-0.4, -0.2) is 34.6 Å². The Morgan fingerprint density at radius 2 is 2.15 bits per heavy atom. The van der Waals surface area contributed by atoms with Crippen LogP contribution in [0, 0.1) is 0 Å². The molecule has 0 spiro atoms. The Kier molecular flexibility index (Phi) is 6.49. The number of nitrogens with zero attached hydrogens (tertiary/aromatic N) is 1. The maximum Gasteiger partial charge on any atom is 0.326 e. The molecule has 1 aromatic rings. The third-order valence-corrected chi connectivity index (χ3v) is 2.82. The SMILES string of the molecule is CCCCC(Nc1ccnc(C(=O)NCC)c1)C(=O)O. The number of aliphatic carboxylic acids is 1. The molecule has 6 heteroatoms. The van der Waals surface area contributed by atoms with Crippen LogP contribution in [-0.2, 0) is 4.79 Å². The monoisotopic (exact) mass is 279 g/mol. The number of aromatic nitrogens is 1. The Morgan fingerprint density at radius 1 is 1.40 bits per heavy atom. The van der Waals surface area contributed by atoms with Crippen molar-refractivity contribution in [2.24, 2.45) is 0 Å². The Bertz CT molecular complexity index is 463. The highest BCUT2D eigenvalue weighted by Crippen LogP contribution is 2.13. The molecule has 0 aliphatic carbocycles. The van der Waals surface area contributed by atoms with E-state index < -0.39 is 12.0 Å². The largest absolute Gasteiger partial charge is 0.480 e. The number of amides is 1. The van der Waals surface area contributed by atoms with Gasteiger partial charge in [0.15, 0.2) is 0 Å². The minimum atomic E-state index is -0.894.